The van der Waals surface area contributed by atoms with Gasteiger partial charge in [-0.15, -0.1) is 11.3 Å². The van der Waals surface area contributed by atoms with Gasteiger partial charge in [0.05, 0.1) is 15.8 Å². The van der Waals surface area contributed by atoms with Crippen LogP contribution in [0.15, 0.2) is 174 Å². The standard InChI is InChI=1S/C48H28N4OS/c1-3-15-31(16-4-1)41-35-20-10-9-14-30(35)25-26-37(41)46-50-45(34-24-23-29-13-7-8-19-33(29)27-34)51-47(52-46)43-42-36-21-11-12-22-39(36)53-40(42)28-38-44(43)54-48(49-38)32-17-5-2-6-18-32/h1-28H. The largest absolute Gasteiger partial charge is 0.456 e. The molecule has 5 nitrogen and oxygen atoms in total. The molecule has 0 bridgehead atoms. The number of rotatable bonds is 5. The maximum absolute atomic E-state index is 6.53. The number of hydrogen-bond acceptors (Lipinski definition) is 6. The van der Waals surface area contributed by atoms with Crippen LogP contribution < -0.4 is 0 Å². The molecule has 0 N–H and O–H groups in total. The van der Waals surface area contributed by atoms with Gasteiger partial charge < -0.3 is 4.42 Å². The monoisotopic (exact) mass is 708 g/mol. The second-order valence-corrected chi connectivity index (χ2v) is 14.4. The van der Waals surface area contributed by atoms with E-state index in [4.69, 9.17) is 24.4 Å². The Hall–Kier alpha value is -7.02. The van der Waals surface area contributed by atoms with Crippen LogP contribution in [-0.4, -0.2) is 19.9 Å². The molecule has 0 amide bonds. The maximum atomic E-state index is 6.53. The minimum atomic E-state index is 0.570. The molecular formula is C48H28N4OS. The highest BCUT2D eigenvalue weighted by Crippen LogP contribution is 2.45. The van der Waals surface area contributed by atoms with Gasteiger partial charge in [-0.25, -0.2) is 19.9 Å². The van der Waals surface area contributed by atoms with Crippen molar-refractivity contribution in [3.8, 4) is 55.9 Å². The van der Waals surface area contributed by atoms with Crippen LogP contribution >= 0.6 is 11.3 Å². The van der Waals surface area contributed by atoms with E-state index in [0.29, 0.717) is 17.5 Å². The van der Waals surface area contributed by atoms with Crippen molar-refractivity contribution < 1.29 is 4.42 Å². The normalized spacial score (nSPS) is 11.7. The van der Waals surface area contributed by atoms with Crippen molar-refractivity contribution in [2.45, 2.75) is 0 Å². The molecule has 6 heteroatoms. The van der Waals surface area contributed by atoms with Gasteiger partial charge in [0.15, 0.2) is 17.5 Å². The molecular weight excluding hydrogens is 681 g/mol. The van der Waals surface area contributed by atoms with Crippen LogP contribution in [0, 0.1) is 0 Å². The topological polar surface area (TPSA) is 64.7 Å². The number of fused-ring (bicyclic) bond motifs is 6. The number of aromatic nitrogens is 4. The third-order valence-corrected chi connectivity index (χ3v) is 11.3. The fourth-order valence-corrected chi connectivity index (χ4v) is 8.72. The third-order valence-electron chi connectivity index (χ3n) is 10.1. The van der Waals surface area contributed by atoms with E-state index in [2.05, 4.69) is 127 Å². The van der Waals surface area contributed by atoms with Gasteiger partial charge in [-0.2, -0.15) is 0 Å². The van der Waals surface area contributed by atoms with Crippen LogP contribution in [-0.2, 0) is 0 Å². The quantitative estimate of drug-likeness (QED) is 0.178. The summed E-state index contributed by atoms with van der Waals surface area (Å²) in [5, 5.41) is 7.46. The molecule has 0 fully saturated rings. The Morgan fingerprint density at radius 1 is 0.407 bits per heavy atom. The minimum Gasteiger partial charge on any atom is -0.456 e. The molecule has 11 aromatic rings. The van der Waals surface area contributed by atoms with Crippen LogP contribution in [0.25, 0.3) is 110 Å². The third kappa shape index (κ3) is 4.99. The lowest BCUT2D eigenvalue weighted by molar-refractivity contribution is 0.669. The Balaban J connectivity index is 1.26. The predicted molar refractivity (Wildman–Crippen MR) is 222 cm³/mol. The molecule has 0 saturated heterocycles. The highest BCUT2D eigenvalue weighted by molar-refractivity contribution is 7.22. The summed E-state index contributed by atoms with van der Waals surface area (Å²) in [6.45, 7) is 0. The van der Waals surface area contributed by atoms with Crippen molar-refractivity contribution in [3.05, 3.63) is 170 Å². The van der Waals surface area contributed by atoms with E-state index in [1.165, 1.54) is 0 Å². The van der Waals surface area contributed by atoms with E-state index in [1.807, 2.05) is 42.5 Å². The SMILES string of the molecule is c1ccc(-c2nc3cc4oc5ccccc5c4c(-c4nc(-c5ccc6ccccc6c5)nc(-c5ccc6ccccc6c5-c5ccccc5)n4)c3s2)cc1. The van der Waals surface area contributed by atoms with E-state index in [-0.39, 0.29) is 0 Å². The molecule has 0 aliphatic rings. The van der Waals surface area contributed by atoms with E-state index >= 15 is 0 Å². The number of furan rings is 1. The number of hydrogen-bond donors (Lipinski definition) is 0. The zero-order chi connectivity index (χ0) is 35.6. The summed E-state index contributed by atoms with van der Waals surface area (Å²) >= 11 is 1.65. The van der Waals surface area contributed by atoms with Crippen molar-refractivity contribution >= 4 is 65.0 Å². The Morgan fingerprint density at radius 3 is 1.89 bits per heavy atom. The molecule has 0 aliphatic carbocycles. The van der Waals surface area contributed by atoms with Gasteiger partial charge in [0, 0.05) is 39.1 Å². The van der Waals surface area contributed by atoms with Crippen molar-refractivity contribution in [1.29, 1.82) is 0 Å². The molecule has 11 rings (SSSR count). The van der Waals surface area contributed by atoms with Gasteiger partial charge in [-0.3, -0.25) is 0 Å². The lowest BCUT2D eigenvalue weighted by Gasteiger charge is -2.15. The Labute approximate surface area is 313 Å². The minimum absolute atomic E-state index is 0.570. The highest BCUT2D eigenvalue weighted by atomic mass is 32.1. The fraction of sp³-hybridized carbons (Fsp3) is 0. The summed E-state index contributed by atoms with van der Waals surface area (Å²) in [5.74, 6) is 1.76. The van der Waals surface area contributed by atoms with Gasteiger partial charge in [-0.05, 0) is 45.3 Å². The molecule has 3 heterocycles. The van der Waals surface area contributed by atoms with Gasteiger partial charge in [0.2, 0.25) is 0 Å². The van der Waals surface area contributed by atoms with E-state index in [1.54, 1.807) is 11.3 Å². The van der Waals surface area contributed by atoms with Crippen LogP contribution in [0.1, 0.15) is 0 Å². The second-order valence-electron chi connectivity index (χ2n) is 13.4. The van der Waals surface area contributed by atoms with Crippen LogP contribution in [0.2, 0.25) is 0 Å². The van der Waals surface area contributed by atoms with Crippen LogP contribution in [0.3, 0.4) is 0 Å². The summed E-state index contributed by atoms with van der Waals surface area (Å²) in [6.07, 6.45) is 0. The smallest absolute Gasteiger partial charge is 0.166 e. The lowest BCUT2D eigenvalue weighted by Crippen LogP contribution is -2.02. The summed E-state index contributed by atoms with van der Waals surface area (Å²) in [6, 6.07) is 58.7. The Morgan fingerprint density at radius 2 is 1.06 bits per heavy atom. The first-order valence-corrected chi connectivity index (χ1v) is 18.7. The molecule has 0 atom stereocenters. The molecule has 0 unspecified atom stereocenters. The van der Waals surface area contributed by atoms with E-state index in [0.717, 1.165) is 92.1 Å². The van der Waals surface area contributed by atoms with Gasteiger partial charge >= 0.3 is 0 Å². The summed E-state index contributed by atoms with van der Waals surface area (Å²) in [5.41, 5.74) is 8.35. The highest BCUT2D eigenvalue weighted by Gasteiger charge is 2.24. The van der Waals surface area contributed by atoms with E-state index in [9.17, 15) is 0 Å². The molecule has 54 heavy (non-hydrogen) atoms. The lowest BCUT2D eigenvalue weighted by atomic mass is 9.93. The first-order chi connectivity index (χ1) is 26.7. The van der Waals surface area contributed by atoms with Gasteiger partial charge in [0.1, 0.15) is 16.2 Å². The number of para-hydroxylation sites is 1. The number of thiazole rings is 1. The van der Waals surface area contributed by atoms with Crippen molar-refractivity contribution in [2.75, 3.05) is 0 Å². The molecule has 3 aromatic heterocycles. The molecule has 0 saturated carbocycles. The summed E-state index contributed by atoms with van der Waals surface area (Å²) in [7, 11) is 0. The van der Waals surface area contributed by atoms with Crippen molar-refractivity contribution in [3.63, 3.8) is 0 Å². The predicted octanol–water partition coefficient (Wildman–Crippen LogP) is 13.0. The first kappa shape index (κ1) is 30.6. The molecule has 0 aliphatic heterocycles. The average Bonchev–Trinajstić information content (AvgIpc) is 3.84. The molecule has 252 valence electrons. The average molecular weight is 709 g/mol. The van der Waals surface area contributed by atoms with Gasteiger partial charge in [0.25, 0.3) is 0 Å². The van der Waals surface area contributed by atoms with Gasteiger partial charge in [-0.1, -0.05) is 146 Å². The van der Waals surface area contributed by atoms with Crippen molar-refractivity contribution in [1.82, 2.24) is 19.9 Å². The fourth-order valence-electron chi connectivity index (χ4n) is 7.63. The zero-order valence-electron chi connectivity index (χ0n) is 28.8. The van der Waals surface area contributed by atoms with Crippen LogP contribution in [0.5, 0.6) is 0 Å². The number of nitrogens with zero attached hydrogens (tertiary/aromatic N) is 4. The zero-order valence-corrected chi connectivity index (χ0v) is 29.6. The van der Waals surface area contributed by atoms with Crippen molar-refractivity contribution in [2.24, 2.45) is 0 Å². The van der Waals surface area contributed by atoms with Crippen LogP contribution in [0.4, 0.5) is 0 Å². The van der Waals surface area contributed by atoms with E-state index < -0.39 is 0 Å². The molecule has 0 radical (unpaired) electrons. The Kier molecular flexibility index (Phi) is 6.97. The number of benzene rings is 8. The first-order valence-electron chi connectivity index (χ1n) is 17.9. The molecule has 8 aromatic carbocycles. The summed E-state index contributed by atoms with van der Waals surface area (Å²) in [4.78, 5) is 21.3. The second kappa shape index (κ2) is 12.3. The maximum Gasteiger partial charge on any atom is 0.166 e. The Bertz CT molecular complexity index is 3220. The molecule has 0 spiro atoms. The summed E-state index contributed by atoms with van der Waals surface area (Å²) < 4.78 is 7.53.